The maximum absolute atomic E-state index is 6.14. The standard InChI is InChI=1S/C14H25BrO/c1-12(11-15)9-13-5-8-16-14(10-13)6-3-2-4-7-14/h12-13H,2-11H2,1H3. The van der Waals surface area contributed by atoms with Gasteiger partial charge in [-0.25, -0.2) is 0 Å². The van der Waals surface area contributed by atoms with Gasteiger partial charge >= 0.3 is 0 Å². The van der Waals surface area contributed by atoms with Crippen LogP contribution in [0.2, 0.25) is 0 Å². The highest BCUT2D eigenvalue weighted by molar-refractivity contribution is 9.09. The third-order valence-electron chi connectivity index (χ3n) is 4.36. The van der Waals surface area contributed by atoms with E-state index in [0.29, 0.717) is 5.60 Å². The first-order valence-corrected chi connectivity index (χ1v) is 8.06. The lowest BCUT2D eigenvalue weighted by Crippen LogP contribution is -2.41. The normalized spacial score (nSPS) is 31.5. The molecule has 2 fully saturated rings. The van der Waals surface area contributed by atoms with E-state index in [2.05, 4.69) is 22.9 Å². The van der Waals surface area contributed by atoms with Gasteiger partial charge in [0.1, 0.15) is 0 Å². The van der Waals surface area contributed by atoms with E-state index in [4.69, 9.17) is 4.74 Å². The van der Waals surface area contributed by atoms with Crippen LogP contribution >= 0.6 is 15.9 Å². The fraction of sp³-hybridized carbons (Fsp3) is 1.00. The summed E-state index contributed by atoms with van der Waals surface area (Å²) in [6.07, 6.45) is 10.9. The molecular weight excluding hydrogens is 264 g/mol. The van der Waals surface area contributed by atoms with Gasteiger partial charge in [0.15, 0.2) is 0 Å². The molecule has 94 valence electrons. The molecule has 0 amide bonds. The number of rotatable bonds is 3. The van der Waals surface area contributed by atoms with E-state index < -0.39 is 0 Å². The van der Waals surface area contributed by atoms with Crippen molar-refractivity contribution in [3.05, 3.63) is 0 Å². The van der Waals surface area contributed by atoms with Gasteiger partial charge in [-0.15, -0.1) is 0 Å². The molecule has 2 atom stereocenters. The third kappa shape index (κ3) is 3.22. The summed E-state index contributed by atoms with van der Waals surface area (Å²) in [5, 5.41) is 1.15. The Balaban J connectivity index is 1.87. The molecule has 0 N–H and O–H groups in total. The summed E-state index contributed by atoms with van der Waals surface area (Å²) in [6.45, 7) is 3.37. The zero-order valence-corrected chi connectivity index (χ0v) is 12.1. The summed E-state index contributed by atoms with van der Waals surface area (Å²) >= 11 is 3.60. The molecule has 16 heavy (non-hydrogen) atoms. The molecule has 0 aromatic heterocycles. The van der Waals surface area contributed by atoms with Gasteiger partial charge in [-0.05, 0) is 43.9 Å². The molecule has 0 aromatic carbocycles. The molecule has 1 saturated heterocycles. The Kier molecular flexibility index (Phi) is 4.72. The summed E-state index contributed by atoms with van der Waals surface area (Å²) in [7, 11) is 0. The third-order valence-corrected chi connectivity index (χ3v) is 5.46. The van der Waals surface area contributed by atoms with Gasteiger partial charge < -0.3 is 4.74 Å². The first-order valence-electron chi connectivity index (χ1n) is 6.94. The lowest BCUT2D eigenvalue weighted by molar-refractivity contribution is -0.119. The zero-order valence-electron chi connectivity index (χ0n) is 10.5. The van der Waals surface area contributed by atoms with Crippen LogP contribution in [0.4, 0.5) is 0 Å². The predicted octanol–water partition coefficient (Wildman–Crippen LogP) is 4.54. The molecule has 1 saturated carbocycles. The predicted molar refractivity (Wildman–Crippen MR) is 72.1 cm³/mol. The molecular formula is C14H25BrO. The Morgan fingerprint density at radius 3 is 2.75 bits per heavy atom. The van der Waals surface area contributed by atoms with Gasteiger partial charge in [-0.2, -0.15) is 0 Å². The van der Waals surface area contributed by atoms with Crippen molar-refractivity contribution in [3.63, 3.8) is 0 Å². The molecule has 2 heteroatoms. The van der Waals surface area contributed by atoms with Crippen molar-refractivity contribution < 1.29 is 4.74 Å². The van der Waals surface area contributed by atoms with Crippen molar-refractivity contribution in [2.45, 2.75) is 63.9 Å². The second-order valence-corrected chi connectivity index (χ2v) is 6.59. The van der Waals surface area contributed by atoms with E-state index in [0.717, 1.165) is 23.8 Å². The summed E-state index contributed by atoms with van der Waals surface area (Å²) in [5.41, 5.74) is 0.299. The van der Waals surface area contributed by atoms with E-state index in [1.165, 1.54) is 51.4 Å². The number of ether oxygens (including phenoxy) is 1. The smallest absolute Gasteiger partial charge is 0.0685 e. The maximum atomic E-state index is 6.14. The molecule has 1 nitrogen and oxygen atoms in total. The molecule has 1 aliphatic carbocycles. The quantitative estimate of drug-likeness (QED) is 0.693. The van der Waals surface area contributed by atoms with Crippen molar-refractivity contribution in [2.75, 3.05) is 11.9 Å². The van der Waals surface area contributed by atoms with Crippen LogP contribution in [-0.4, -0.2) is 17.5 Å². The Morgan fingerprint density at radius 1 is 1.31 bits per heavy atom. The zero-order chi connectivity index (χ0) is 11.4. The second-order valence-electron chi connectivity index (χ2n) is 5.95. The van der Waals surface area contributed by atoms with Gasteiger partial charge in [0, 0.05) is 11.9 Å². The molecule has 2 unspecified atom stereocenters. The lowest BCUT2D eigenvalue weighted by atomic mass is 9.74. The van der Waals surface area contributed by atoms with E-state index >= 15 is 0 Å². The van der Waals surface area contributed by atoms with Gasteiger partial charge in [0.25, 0.3) is 0 Å². The highest BCUT2D eigenvalue weighted by atomic mass is 79.9. The Hall–Kier alpha value is 0.440. The summed E-state index contributed by atoms with van der Waals surface area (Å²) in [5.74, 6) is 1.74. The minimum atomic E-state index is 0.299. The molecule has 2 rings (SSSR count). The monoisotopic (exact) mass is 288 g/mol. The molecule has 1 heterocycles. The van der Waals surface area contributed by atoms with E-state index in [-0.39, 0.29) is 0 Å². The average Bonchev–Trinajstić information content (AvgIpc) is 2.30. The van der Waals surface area contributed by atoms with Crippen molar-refractivity contribution in [2.24, 2.45) is 11.8 Å². The summed E-state index contributed by atoms with van der Waals surface area (Å²) in [6, 6.07) is 0. The van der Waals surface area contributed by atoms with Crippen LogP contribution in [0.5, 0.6) is 0 Å². The fourth-order valence-electron chi connectivity index (χ4n) is 3.51. The maximum Gasteiger partial charge on any atom is 0.0685 e. The summed E-state index contributed by atoms with van der Waals surface area (Å²) < 4.78 is 6.14. The number of hydrogen-bond donors (Lipinski definition) is 0. The topological polar surface area (TPSA) is 9.23 Å². The molecule has 0 aromatic rings. The molecule has 2 aliphatic rings. The van der Waals surface area contributed by atoms with Crippen molar-refractivity contribution in [1.29, 1.82) is 0 Å². The number of alkyl halides is 1. The SMILES string of the molecule is CC(CBr)CC1CCOC2(CCCCC2)C1. The van der Waals surface area contributed by atoms with Crippen molar-refractivity contribution in [3.8, 4) is 0 Å². The molecule has 1 aliphatic heterocycles. The lowest BCUT2D eigenvalue weighted by Gasteiger charge is -2.44. The Bertz CT molecular complexity index is 205. The second kappa shape index (κ2) is 5.86. The van der Waals surface area contributed by atoms with Crippen molar-refractivity contribution >= 4 is 15.9 Å². The highest BCUT2D eigenvalue weighted by Crippen LogP contribution is 2.42. The first kappa shape index (κ1) is 12.9. The van der Waals surface area contributed by atoms with Crippen LogP contribution in [0.1, 0.15) is 58.3 Å². The van der Waals surface area contributed by atoms with Crippen molar-refractivity contribution in [1.82, 2.24) is 0 Å². The van der Waals surface area contributed by atoms with Crippen LogP contribution in [0.3, 0.4) is 0 Å². The Labute approximate surface area is 108 Å². The van der Waals surface area contributed by atoms with Crippen LogP contribution in [0.25, 0.3) is 0 Å². The Morgan fingerprint density at radius 2 is 2.06 bits per heavy atom. The minimum Gasteiger partial charge on any atom is -0.375 e. The molecule has 1 spiro atoms. The van der Waals surface area contributed by atoms with Crippen LogP contribution in [-0.2, 0) is 4.74 Å². The molecule has 0 radical (unpaired) electrons. The first-order chi connectivity index (χ1) is 7.74. The highest BCUT2D eigenvalue weighted by Gasteiger charge is 2.38. The van der Waals surface area contributed by atoms with Gasteiger partial charge in [0.05, 0.1) is 5.60 Å². The van der Waals surface area contributed by atoms with Crippen LogP contribution in [0, 0.1) is 11.8 Å². The largest absolute Gasteiger partial charge is 0.375 e. The average molecular weight is 289 g/mol. The van der Waals surface area contributed by atoms with Gasteiger partial charge in [-0.1, -0.05) is 42.1 Å². The fourth-order valence-corrected chi connectivity index (χ4v) is 3.77. The molecule has 0 bridgehead atoms. The van der Waals surface area contributed by atoms with Crippen LogP contribution in [0.15, 0.2) is 0 Å². The number of halogens is 1. The minimum absolute atomic E-state index is 0.299. The van der Waals surface area contributed by atoms with Crippen LogP contribution < -0.4 is 0 Å². The van der Waals surface area contributed by atoms with E-state index in [9.17, 15) is 0 Å². The number of hydrogen-bond acceptors (Lipinski definition) is 1. The summed E-state index contributed by atoms with van der Waals surface area (Å²) in [4.78, 5) is 0. The van der Waals surface area contributed by atoms with E-state index in [1.807, 2.05) is 0 Å². The van der Waals surface area contributed by atoms with Gasteiger partial charge in [-0.3, -0.25) is 0 Å². The van der Waals surface area contributed by atoms with E-state index in [1.54, 1.807) is 0 Å². The van der Waals surface area contributed by atoms with Gasteiger partial charge in [0.2, 0.25) is 0 Å².